The largest absolute Gasteiger partial charge is 0.330 e. The van der Waals surface area contributed by atoms with Gasteiger partial charge < -0.3 is 11.1 Å². The number of carbonyl (C=O) groups is 1. The summed E-state index contributed by atoms with van der Waals surface area (Å²) in [7, 11) is 0. The maximum absolute atomic E-state index is 11.3. The molecule has 0 fully saturated rings. The van der Waals surface area contributed by atoms with E-state index in [1.54, 1.807) is 0 Å². The van der Waals surface area contributed by atoms with Crippen molar-refractivity contribution in [2.24, 2.45) is 5.73 Å². The third kappa shape index (κ3) is 3.66. The molecule has 1 rings (SSSR count). The average molecular weight is 220 g/mol. The minimum atomic E-state index is -0.0289. The molecular formula is C13H20N2O. The fraction of sp³-hybridized carbons (Fsp3) is 0.462. The number of carbonyl (C=O) groups excluding carboxylic acids is 1. The van der Waals surface area contributed by atoms with Crippen LogP contribution in [0.25, 0.3) is 0 Å². The normalized spacial score (nSPS) is 12.2. The van der Waals surface area contributed by atoms with Gasteiger partial charge in [-0.1, -0.05) is 26.0 Å². The second-order valence-electron chi connectivity index (χ2n) is 4.02. The van der Waals surface area contributed by atoms with Gasteiger partial charge in [0.25, 0.3) is 0 Å². The maximum atomic E-state index is 11.3. The van der Waals surface area contributed by atoms with Crippen molar-refractivity contribution in [3.8, 4) is 0 Å². The molecule has 0 aliphatic rings. The van der Waals surface area contributed by atoms with Crippen LogP contribution in [0.15, 0.2) is 24.3 Å². The van der Waals surface area contributed by atoms with Crippen molar-refractivity contribution in [1.82, 2.24) is 0 Å². The number of hydrogen-bond donors (Lipinski definition) is 2. The highest BCUT2D eigenvalue weighted by Gasteiger charge is 2.04. The lowest BCUT2D eigenvalue weighted by Crippen LogP contribution is -2.16. The number of anilines is 1. The van der Waals surface area contributed by atoms with E-state index in [1.807, 2.05) is 12.1 Å². The summed E-state index contributed by atoms with van der Waals surface area (Å²) in [4.78, 5) is 11.3. The van der Waals surface area contributed by atoms with Gasteiger partial charge in [-0.25, -0.2) is 0 Å². The number of nitrogens with one attached hydrogen (secondary N) is 1. The first-order valence-electron chi connectivity index (χ1n) is 5.77. The molecule has 0 aliphatic heterocycles. The molecule has 0 aliphatic carbocycles. The van der Waals surface area contributed by atoms with E-state index in [2.05, 4.69) is 31.3 Å². The van der Waals surface area contributed by atoms with Crippen LogP contribution in [0, 0.1) is 0 Å². The zero-order chi connectivity index (χ0) is 12.0. The minimum absolute atomic E-state index is 0.0289. The van der Waals surface area contributed by atoms with Crippen LogP contribution in [0.3, 0.4) is 0 Å². The molecule has 1 amide bonds. The molecule has 0 spiro atoms. The highest BCUT2D eigenvalue weighted by Crippen LogP contribution is 2.20. The van der Waals surface area contributed by atoms with E-state index < -0.39 is 0 Å². The summed E-state index contributed by atoms with van der Waals surface area (Å²) in [6.45, 7) is 4.75. The highest BCUT2D eigenvalue weighted by atomic mass is 16.1. The van der Waals surface area contributed by atoms with E-state index >= 15 is 0 Å². The van der Waals surface area contributed by atoms with Crippen LogP contribution in [0.4, 0.5) is 5.69 Å². The summed E-state index contributed by atoms with van der Waals surface area (Å²) in [5, 5.41) is 2.81. The first-order chi connectivity index (χ1) is 7.67. The molecule has 3 heteroatoms. The first-order valence-corrected chi connectivity index (χ1v) is 5.77. The molecule has 0 radical (unpaired) electrons. The topological polar surface area (TPSA) is 55.1 Å². The number of amides is 1. The lowest BCUT2D eigenvalue weighted by atomic mass is 9.99. The summed E-state index contributed by atoms with van der Waals surface area (Å²) in [6, 6.07) is 8.00. The van der Waals surface area contributed by atoms with Gasteiger partial charge >= 0.3 is 0 Å². The minimum Gasteiger partial charge on any atom is -0.330 e. The molecule has 1 aromatic rings. The Bertz CT molecular complexity index is 332. The quantitative estimate of drug-likeness (QED) is 0.801. The maximum Gasteiger partial charge on any atom is 0.225 e. The van der Waals surface area contributed by atoms with E-state index in [9.17, 15) is 4.79 Å². The standard InChI is InChI=1S/C13H20N2O/c1-3-10(2)11-4-6-12(7-5-11)15-13(16)8-9-14/h4-7,10H,3,8-9,14H2,1-2H3,(H,15,16). The van der Waals surface area contributed by atoms with Gasteiger partial charge in [-0.15, -0.1) is 0 Å². The predicted octanol–water partition coefficient (Wildman–Crippen LogP) is 2.49. The second kappa shape index (κ2) is 6.28. The van der Waals surface area contributed by atoms with Crippen LogP contribution in [0.5, 0.6) is 0 Å². The Hall–Kier alpha value is -1.35. The molecule has 0 saturated heterocycles. The van der Waals surface area contributed by atoms with Gasteiger partial charge in [0.1, 0.15) is 0 Å². The third-order valence-corrected chi connectivity index (χ3v) is 2.75. The number of rotatable bonds is 5. The van der Waals surface area contributed by atoms with Crippen molar-refractivity contribution in [3.63, 3.8) is 0 Å². The molecular weight excluding hydrogens is 200 g/mol. The zero-order valence-corrected chi connectivity index (χ0v) is 9.99. The van der Waals surface area contributed by atoms with Crippen molar-refractivity contribution in [2.45, 2.75) is 32.6 Å². The molecule has 1 unspecified atom stereocenters. The van der Waals surface area contributed by atoms with Gasteiger partial charge in [0.15, 0.2) is 0 Å². The molecule has 1 atom stereocenters. The van der Waals surface area contributed by atoms with Crippen LogP contribution in [-0.2, 0) is 4.79 Å². The zero-order valence-electron chi connectivity index (χ0n) is 9.99. The number of nitrogens with two attached hydrogens (primary N) is 1. The Morgan fingerprint density at radius 3 is 2.50 bits per heavy atom. The molecule has 0 aromatic heterocycles. The Kier molecular flexibility index (Phi) is 4.99. The molecule has 16 heavy (non-hydrogen) atoms. The molecule has 0 bridgehead atoms. The molecule has 88 valence electrons. The number of hydrogen-bond acceptors (Lipinski definition) is 2. The van der Waals surface area contributed by atoms with Crippen LogP contribution in [0.1, 0.15) is 38.2 Å². The van der Waals surface area contributed by atoms with Gasteiger partial charge in [0, 0.05) is 18.7 Å². The van der Waals surface area contributed by atoms with Crippen LogP contribution < -0.4 is 11.1 Å². The summed E-state index contributed by atoms with van der Waals surface area (Å²) in [5.74, 6) is 0.535. The fourth-order valence-electron chi connectivity index (χ4n) is 1.49. The summed E-state index contributed by atoms with van der Waals surface area (Å²) in [5.41, 5.74) is 7.45. The Morgan fingerprint density at radius 1 is 1.38 bits per heavy atom. The Balaban J connectivity index is 2.61. The van der Waals surface area contributed by atoms with E-state index in [0.29, 0.717) is 18.9 Å². The second-order valence-corrected chi connectivity index (χ2v) is 4.02. The van der Waals surface area contributed by atoms with Crippen molar-refractivity contribution >= 4 is 11.6 Å². The van der Waals surface area contributed by atoms with Gasteiger partial charge in [-0.05, 0) is 30.0 Å². The summed E-state index contributed by atoms with van der Waals surface area (Å²) >= 11 is 0. The predicted molar refractivity (Wildman–Crippen MR) is 67.4 cm³/mol. The van der Waals surface area contributed by atoms with Gasteiger partial charge in [-0.2, -0.15) is 0 Å². The Labute approximate surface area is 97.0 Å². The van der Waals surface area contributed by atoms with Crippen molar-refractivity contribution < 1.29 is 4.79 Å². The molecule has 0 saturated carbocycles. The average Bonchev–Trinajstić information content (AvgIpc) is 2.29. The third-order valence-electron chi connectivity index (χ3n) is 2.75. The molecule has 0 heterocycles. The number of benzene rings is 1. The van der Waals surface area contributed by atoms with Crippen LogP contribution >= 0.6 is 0 Å². The first kappa shape index (κ1) is 12.7. The van der Waals surface area contributed by atoms with Gasteiger partial charge in [-0.3, -0.25) is 4.79 Å². The summed E-state index contributed by atoms with van der Waals surface area (Å²) in [6.07, 6.45) is 1.49. The fourth-order valence-corrected chi connectivity index (χ4v) is 1.49. The van der Waals surface area contributed by atoms with Crippen molar-refractivity contribution in [3.05, 3.63) is 29.8 Å². The molecule has 3 N–H and O–H groups in total. The Morgan fingerprint density at radius 2 is 2.00 bits per heavy atom. The lowest BCUT2D eigenvalue weighted by Gasteiger charge is -2.10. The monoisotopic (exact) mass is 220 g/mol. The van der Waals surface area contributed by atoms with E-state index in [1.165, 1.54) is 5.56 Å². The van der Waals surface area contributed by atoms with Crippen LogP contribution in [0.2, 0.25) is 0 Å². The molecule has 3 nitrogen and oxygen atoms in total. The van der Waals surface area contributed by atoms with Gasteiger partial charge in [0.2, 0.25) is 5.91 Å². The SMILES string of the molecule is CCC(C)c1ccc(NC(=O)CCN)cc1. The van der Waals surface area contributed by atoms with Crippen molar-refractivity contribution in [1.29, 1.82) is 0 Å². The smallest absolute Gasteiger partial charge is 0.225 e. The summed E-state index contributed by atoms with van der Waals surface area (Å²) < 4.78 is 0. The molecule has 1 aromatic carbocycles. The highest BCUT2D eigenvalue weighted by molar-refractivity contribution is 5.90. The van der Waals surface area contributed by atoms with Gasteiger partial charge in [0.05, 0.1) is 0 Å². The van der Waals surface area contributed by atoms with Crippen LogP contribution in [-0.4, -0.2) is 12.5 Å². The van der Waals surface area contributed by atoms with E-state index in [-0.39, 0.29) is 5.91 Å². The van der Waals surface area contributed by atoms with E-state index in [0.717, 1.165) is 12.1 Å². The van der Waals surface area contributed by atoms with Crippen molar-refractivity contribution in [2.75, 3.05) is 11.9 Å². The van der Waals surface area contributed by atoms with E-state index in [4.69, 9.17) is 5.73 Å². The lowest BCUT2D eigenvalue weighted by molar-refractivity contribution is -0.116.